The van der Waals surface area contributed by atoms with Crippen LogP contribution in [-0.4, -0.2) is 32.7 Å². The van der Waals surface area contributed by atoms with E-state index in [0.717, 1.165) is 49.2 Å². The van der Waals surface area contributed by atoms with Crippen molar-refractivity contribution in [2.24, 2.45) is 46.8 Å². The second-order valence-corrected chi connectivity index (χ2v) is 14.1. The molecule has 3 unspecified atom stereocenters. The molecule has 4 fully saturated rings. The van der Waals surface area contributed by atoms with Gasteiger partial charge in [-0.05, 0) is 131 Å². The standard InChI is InChI=1S/C29H43N3O3S/c1-4-35-18-20-5-8-23-22(15-20)7-9-25-24(23)13-14-29(3)26(10-11-27(25)29)19(2)32-36(33,34)28-12-6-21(16-30)17-31-28/h6,12,17,19-20,22-27,32H,4-5,7-11,13-15,18H2,1-3H3/t19-,20+,22-,23+,24?,25-,26?,27?,29-/m1/s1. The maximum Gasteiger partial charge on any atom is 0.258 e. The van der Waals surface area contributed by atoms with Crippen LogP contribution in [0.25, 0.3) is 0 Å². The molecule has 0 saturated heterocycles. The SMILES string of the molecule is CCOC[C@H]1CC[C@@H]2C3CC[C@@]4(C)C(CCC4[C@@H](C)NS(=O)(=O)c4ccc(C#N)cn4)[C@@H]3CC[C@@H]2C1. The number of nitrogens with zero attached hydrogens (tertiary/aromatic N) is 2. The Bertz CT molecular complexity index is 1070. The molecular formula is C29H43N3O3S. The van der Waals surface area contributed by atoms with Crippen molar-refractivity contribution in [1.82, 2.24) is 9.71 Å². The van der Waals surface area contributed by atoms with Crippen LogP contribution in [0, 0.1) is 58.2 Å². The van der Waals surface area contributed by atoms with Gasteiger partial charge >= 0.3 is 0 Å². The van der Waals surface area contributed by atoms with Gasteiger partial charge in [0.2, 0.25) is 0 Å². The largest absolute Gasteiger partial charge is 0.381 e. The molecule has 1 N–H and O–H groups in total. The summed E-state index contributed by atoms with van der Waals surface area (Å²) in [5.41, 5.74) is 0.558. The molecule has 4 saturated carbocycles. The zero-order valence-corrected chi connectivity index (χ0v) is 23.0. The lowest BCUT2D eigenvalue weighted by molar-refractivity contribution is -0.0748. The summed E-state index contributed by atoms with van der Waals surface area (Å²) >= 11 is 0. The molecular weight excluding hydrogens is 470 g/mol. The molecule has 6 nitrogen and oxygen atoms in total. The predicted molar refractivity (Wildman–Crippen MR) is 139 cm³/mol. The van der Waals surface area contributed by atoms with E-state index >= 15 is 0 Å². The van der Waals surface area contributed by atoms with Crippen LogP contribution in [0.1, 0.15) is 84.1 Å². The summed E-state index contributed by atoms with van der Waals surface area (Å²) in [5.74, 6) is 5.26. The highest BCUT2D eigenvalue weighted by Crippen LogP contribution is 2.65. The number of sulfonamides is 1. The van der Waals surface area contributed by atoms with Gasteiger partial charge < -0.3 is 4.74 Å². The van der Waals surface area contributed by atoms with Gasteiger partial charge in [0.25, 0.3) is 10.0 Å². The number of rotatable bonds is 7. The molecule has 7 heteroatoms. The van der Waals surface area contributed by atoms with E-state index in [1.54, 1.807) is 0 Å². The van der Waals surface area contributed by atoms with Crippen molar-refractivity contribution in [3.05, 3.63) is 23.9 Å². The van der Waals surface area contributed by atoms with E-state index in [2.05, 4.69) is 23.6 Å². The zero-order valence-electron chi connectivity index (χ0n) is 22.2. The lowest BCUT2D eigenvalue weighted by Gasteiger charge is -2.56. The summed E-state index contributed by atoms with van der Waals surface area (Å²) in [6.07, 6.45) is 13.0. The second kappa shape index (κ2) is 10.3. The summed E-state index contributed by atoms with van der Waals surface area (Å²) in [4.78, 5) is 4.03. The maximum absolute atomic E-state index is 13.1. The lowest BCUT2D eigenvalue weighted by Crippen LogP contribution is -2.51. The number of fused-ring (bicyclic) bond motifs is 5. The Morgan fingerprint density at radius 1 is 1.14 bits per heavy atom. The Labute approximate surface area is 217 Å². The predicted octanol–water partition coefficient (Wildman–Crippen LogP) is 5.54. The molecule has 5 rings (SSSR count). The molecule has 0 amide bonds. The molecule has 4 aliphatic rings. The molecule has 0 bridgehead atoms. The molecule has 1 aromatic heterocycles. The van der Waals surface area contributed by atoms with E-state index in [4.69, 9.17) is 10.00 Å². The van der Waals surface area contributed by atoms with Gasteiger partial charge in [-0.1, -0.05) is 6.92 Å². The van der Waals surface area contributed by atoms with Gasteiger partial charge in [0, 0.05) is 25.5 Å². The van der Waals surface area contributed by atoms with Crippen LogP contribution in [0.2, 0.25) is 0 Å². The molecule has 1 heterocycles. The highest BCUT2D eigenvalue weighted by molar-refractivity contribution is 7.89. The monoisotopic (exact) mass is 513 g/mol. The van der Waals surface area contributed by atoms with Crippen molar-refractivity contribution >= 4 is 10.0 Å². The minimum atomic E-state index is -3.72. The lowest BCUT2D eigenvalue weighted by atomic mass is 9.49. The van der Waals surface area contributed by atoms with E-state index in [1.807, 2.05) is 13.0 Å². The fraction of sp³-hybridized carbons (Fsp3) is 0.793. The molecule has 36 heavy (non-hydrogen) atoms. The minimum Gasteiger partial charge on any atom is -0.381 e. The van der Waals surface area contributed by atoms with Crippen LogP contribution in [0.4, 0.5) is 0 Å². The second-order valence-electron chi connectivity index (χ2n) is 12.4. The normalized spacial score (nSPS) is 38.9. The quantitative estimate of drug-likeness (QED) is 0.517. The first kappa shape index (κ1) is 26.1. The number of pyridine rings is 1. The highest BCUT2D eigenvalue weighted by atomic mass is 32.2. The molecule has 9 atom stereocenters. The maximum atomic E-state index is 13.1. The number of aromatic nitrogens is 1. The van der Waals surface area contributed by atoms with E-state index in [1.165, 1.54) is 69.7 Å². The van der Waals surface area contributed by atoms with Crippen LogP contribution >= 0.6 is 0 Å². The third-order valence-corrected chi connectivity index (χ3v) is 12.3. The molecule has 0 spiro atoms. The zero-order chi connectivity index (χ0) is 25.5. The molecule has 0 aliphatic heterocycles. The number of hydrogen-bond acceptors (Lipinski definition) is 5. The average Bonchev–Trinajstić information content (AvgIpc) is 3.24. The molecule has 0 aromatic carbocycles. The fourth-order valence-electron chi connectivity index (χ4n) is 9.24. The van der Waals surface area contributed by atoms with Gasteiger partial charge in [0.15, 0.2) is 5.03 Å². The first-order valence-corrected chi connectivity index (χ1v) is 15.7. The van der Waals surface area contributed by atoms with E-state index in [-0.39, 0.29) is 16.5 Å². The first-order valence-electron chi connectivity index (χ1n) is 14.2. The third kappa shape index (κ3) is 4.74. The van der Waals surface area contributed by atoms with E-state index in [0.29, 0.717) is 17.4 Å². The van der Waals surface area contributed by atoms with Crippen molar-refractivity contribution < 1.29 is 13.2 Å². The Morgan fingerprint density at radius 3 is 2.67 bits per heavy atom. The number of hydrogen-bond donors (Lipinski definition) is 1. The van der Waals surface area contributed by atoms with Crippen LogP contribution in [0.15, 0.2) is 23.4 Å². The fourth-order valence-corrected chi connectivity index (χ4v) is 10.5. The van der Waals surface area contributed by atoms with Crippen molar-refractivity contribution in [3.8, 4) is 6.07 Å². The summed E-state index contributed by atoms with van der Waals surface area (Å²) in [6.45, 7) is 8.38. The van der Waals surface area contributed by atoms with Crippen LogP contribution in [0.5, 0.6) is 0 Å². The summed E-state index contributed by atoms with van der Waals surface area (Å²) < 4.78 is 34.9. The minimum absolute atomic E-state index is 0.00461. The summed E-state index contributed by atoms with van der Waals surface area (Å²) in [7, 11) is -3.72. The van der Waals surface area contributed by atoms with Crippen LogP contribution in [0.3, 0.4) is 0 Å². The van der Waals surface area contributed by atoms with Crippen molar-refractivity contribution in [1.29, 1.82) is 5.26 Å². The summed E-state index contributed by atoms with van der Waals surface area (Å²) in [5, 5.41) is 8.98. The van der Waals surface area contributed by atoms with Gasteiger partial charge in [-0.15, -0.1) is 0 Å². The number of nitrogens with one attached hydrogen (secondary N) is 1. The molecule has 4 aliphatic carbocycles. The Kier molecular flexibility index (Phi) is 7.51. The van der Waals surface area contributed by atoms with E-state index in [9.17, 15) is 8.42 Å². The molecule has 1 aromatic rings. The van der Waals surface area contributed by atoms with Gasteiger partial charge in [0.05, 0.1) is 5.56 Å². The Balaban J connectivity index is 1.25. The average molecular weight is 514 g/mol. The molecule has 198 valence electrons. The Hall–Kier alpha value is -1.49. The van der Waals surface area contributed by atoms with Crippen LogP contribution in [-0.2, 0) is 14.8 Å². The number of ether oxygens (including phenoxy) is 1. The van der Waals surface area contributed by atoms with E-state index < -0.39 is 10.0 Å². The van der Waals surface area contributed by atoms with Crippen molar-refractivity contribution in [3.63, 3.8) is 0 Å². The van der Waals surface area contributed by atoms with Gasteiger partial charge in [-0.3, -0.25) is 0 Å². The van der Waals surface area contributed by atoms with Gasteiger partial charge in [-0.2, -0.15) is 5.26 Å². The molecule has 0 radical (unpaired) electrons. The van der Waals surface area contributed by atoms with Gasteiger partial charge in [0.1, 0.15) is 6.07 Å². The number of nitriles is 1. The first-order chi connectivity index (χ1) is 17.3. The van der Waals surface area contributed by atoms with Crippen molar-refractivity contribution in [2.45, 2.75) is 89.6 Å². The van der Waals surface area contributed by atoms with Crippen LogP contribution < -0.4 is 4.72 Å². The topological polar surface area (TPSA) is 92.1 Å². The Morgan fingerprint density at radius 2 is 1.94 bits per heavy atom. The smallest absolute Gasteiger partial charge is 0.258 e. The third-order valence-electron chi connectivity index (χ3n) is 10.8. The summed E-state index contributed by atoms with van der Waals surface area (Å²) in [6, 6.07) is 4.80. The highest BCUT2D eigenvalue weighted by Gasteiger charge is 2.58. The van der Waals surface area contributed by atoms with Crippen molar-refractivity contribution in [2.75, 3.05) is 13.2 Å². The van der Waals surface area contributed by atoms with Gasteiger partial charge in [-0.25, -0.2) is 18.1 Å².